The van der Waals surface area contributed by atoms with Crippen LogP contribution in [0.3, 0.4) is 0 Å². The first-order chi connectivity index (χ1) is 2.77. The lowest BCUT2D eigenvalue weighted by atomic mass is 10.5. The maximum absolute atomic E-state index is 5.09. The highest BCUT2D eigenvalue weighted by atomic mass is 32.1. The molecule has 0 atom stereocenters. The Morgan fingerprint density at radius 2 is 2.33 bits per heavy atom. The molecule has 0 aliphatic heterocycles. The number of hydrogen-bond acceptors (Lipinski definition) is 2. The van der Waals surface area contributed by atoms with Crippen molar-refractivity contribution in [3.63, 3.8) is 0 Å². The molecule has 0 bridgehead atoms. The molecule has 0 spiro atoms. The molecule has 0 saturated carbocycles. The van der Waals surface area contributed by atoms with Crippen molar-refractivity contribution in [1.82, 2.24) is 0 Å². The van der Waals surface area contributed by atoms with Gasteiger partial charge in [0.15, 0.2) is 0 Å². The van der Waals surface area contributed by atoms with E-state index in [1.54, 1.807) is 0 Å². The van der Waals surface area contributed by atoms with Gasteiger partial charge in [0.2, 0.25) is 0 Å². The molecule has 0 aliphatic rings. The Kier molecular flexibility index (Phi) is 3.82. The molecule has 0 rings (SSSR count). The lowest BCUT2D eigenvalue weighted by Gasteiger charge is -1.84. The summed E-state index contributed by atoms with van der Waals surface area (Å²) in [7, 11) is 0. The fourth-order valence-corrected chi connectivity index (χ4v) is 0.370. The second-order valence-corrected chi connectivity index (χ2v) is 2.27. The molecule has 3 heteroatoms. The van der Waals surface area contributed by atoms with E-state index in [4.69, 9.17) is 5.73 Å². The van der Waals surface area contributed by atoms with Crippen LogP contribution in [0.4, 0.5) is 0 Å². The number of rotatable bonds is 2. The summed E-state index contributed by atoms with van der Waals surface area (Å²) in [6.07, 6.45) is 0.748. The highest BCUT2D eigenvalue weighted by molar-refractivity contribution is 8.11. The van der Waals surface area contributed by atoms with Gasteiger partial charge >= 0.3 is 0 Å². The molecule has 0 amide bonds. The van der Waals surface area contributed by atoms with E-state index in [0.717, 1.165) is 6.42 Å². The summed E-state index contributed by atoms with van der Waals surface area (Å²) >= 11 is 8.41. The lowest BCUT2D eigenvalue weighted by molar-refractivity contribution is 1.06. The summed E-state index contributed by atoms with van der Waals surface area (Å²) in [6, 6.07) is 0. The van der Waals surface area contributed by atoms with Gasteiger partial charge < -0.3 is 5.73 Å². The molecule has 0 unspecified atom stereocenters. The predicted molar refractivity (Wildman–Crippen MR) is 35.3 cm³/mol. The molecule has 0 aromatic heterocycles. The monoisotopic (exact) mass is 121 g/mol. The fraction of sp³-hybridized carbons (Fsp3) is 0.667. The molecule has 6 heavy (non-hydrogen) atoms. The van der Waals surface area contributed by atoms with Gasteiger partial charge in [-0.15, -0.1) is 12.6 Å². The molecule has 1 nitrogen and oxygen atoms in total. The van der Waals surface area contributed by atoms with Gasteiger partial charge in [-0.2, -0.15) is 0 Å². The van der Waals surface area contributed by atoms with Gasteiger partial charge in [-0.1, -0.05) is 12.2 Å². The minimum atomic E-state index is 0.613. The number of nitrogens with two attached hydrogens (primary N) is 1. The van der Waals surface area contributed by atoms with E-state index in [1.165, 1.54) is 0 Å². The van der Waals surface area contributed by atoms with Crippen LogP contribution in [0.15, 0.2) is 0 Å². The molecule has 0 aliphatic carbocycles. The lowest BCUT2D eigenvalue weighted by Crippen LogP contribution is -2.00. The second kappa shape index (κ2) is 3.59. The highest BCUT2D eigenvalue weighted by Crippen LogP contribution is 1.86. The zero-order valence-electron chi connectivity index (χ0n) is 3.35. The smallest absolute Gasteiger partial charge is 0.0460 e. The van der Waals surface area contributed by atoms with Crippen LogP contribution in [-0.4, -0.2) is 10.7 Å². The molecular formula is C3H7NS2. The number of thiocarbonyl (C=S) groups is 1. The number of thiol groups is 1. The van der Waals surface area contributed by atoms with Crippen molar-refractivity contribution in [3.8, 4) is 0 Å². The van der Waals surface area contributed by atoms with Gasteiger partial charge in [0.25, 0.3) is 0 Å². The minimum absolute atomic E-state index is 0.613. The van der Waals surface area contributed by atoms with Gasteiger partial charge in [0, 0.05) is 10.6 Å². The largest absolute Gasteiger partial charge is 0.330 e. The van der Waals surface area contributed by atoms with Crippen LogP contribution in [0.2, 0.25) is 0 Å². The Hall–Kier alpha value is 0.400. The zero-order chi connectivity index (χ0) is 4.99. The molecule has 0 saturated heterocycles. The topological polar surface area (TPSA) is 26.0 Å². The Labute approximate surface area is 48.3 Å². The van der Waals surface area contributed by atoms with E-state index < -0.39 is 0 Å². The molecule has 0 aromatic carbocycles. The van der Waals surface area contributed by atoms with Crippen molar-refractivity contribution < 1.29 is 0 Å². The minimum Gasteiger partial charge on any atom is -0.330 e. The van der Waals surface area contributed by atoms with E-state index in [-0.39, 0.29) is 0 Å². The number of hydrogen-bond donors (Lipinski definition) is 2. The normalized spacial score (nSPS) is 8.33. The van der Waals surface area contributed by atoms with Crippen LogP contribution >= 0.6 is 24.8 Å². The van der Waals surface area contributed by atoms with E-state index in [9.17, 15) is 0 Å². The predicted octanol–water partition coefficient (Wildman–Crippen LogP) is 0.592. The molecule has 0 heterocycles. The first-order valence-electron chi connectivity index (χ1n) is 1.69. The third-order valence-corrected chi connectivity index (χ3v) is 0.786. The van der Waals surface area contributed by atoms with Crippen molar-refractivity contribution >= 4 is 29.0 Å². The summed E-state index contributed by atoms with van der Waals surface area (Å²) in [5.41, 5.74) is 5.09. The van der Waals surface area contributed by atoms with E-state index in [1.807, 2.05) is 0 Å². The van der Waals surface area contributed by atoms with Crippen molar-refractivity contribution in [2.45, 2.75) is 6.42 Å². The van der Waals surface area contributed by atoms with Crippen molar-refractivity contribution in [2.75, 3.05) is 6.54 Å². The summed E-state index contributed by atoms with van der Waals surface area (Å²) in [5, 5.41) is 0. The van der Waals surface area contributed by atoms with Crippen LogP contribution < -0.4 is 5.73 Å². The third kappa shape index (κ3) is 4.40. The van der Waals surface area contributed by atoms with Gasteiger partial charge in [0.05, 0.1) is 0 Å². The zero-order valence-corrected chi connectivity index (χ0v) is 5.06. The molecule has 2 N–H and O–H groups in total. The van der Waals surface area contributed by atoms with Gasteiger partial charge in [-0.3, -0.25) is 0 Å². The van der Waals surface area contributed by atoms with Crippen LogP contribution in [-0.2, 0) is 0 Å². The Bertz CT molecular complexity index is 52.8. The second-order valence-electron chi connectivity index (χ2n) is 0.932. The summed E-state index contributed by atoms with van der Waals surface area (Å²) < 4.78 is 0.692. The van der Waals surface area contributed by atoms with Gasteiger partial charge in [-0.05, 0) is 6.54 Å². The van der Waals surface area contributed by atoms with Gasteiger partial charge in [-0.25, -0.2) is 0 Å². The molecule has 0 fully saturated rings. The fourth-order valence-electron chi connectivity index (χ4n) is 0.123. The van der Waals surface area contributed by atoms with Crippen LogP contribution in [0.25, 0.3) is 0 Å². The SMILES string of the molecule is NCCC(=S)S. The molecule has 0 radical (unpaired) electrons. The maximum atomic E-state index is 5.09. The standard InChI is InChI=1S/C3H7NS2/c4-2-1-3(5)6/h1-2,4H2,(H,5,6). The van der Waals surface area contributed by atoms with Crippen molar-refractivity contribution in [2.24, 2.45) is 5.73 Å². The average Bonchev–Trinajstić information content (AvgIpc) is 1.35. The summed E-state index contributed by atoms with van der Waals surface area (Å²) in [6.45, 7) is 0.613. The van der Waals surface area contributed by atoms with Gasteiger partial charge in [0.1, 0.15) is 0 Å². The summed E-state index contributed by atoms with van der Waals surface area (Å²) in [4.78, 5) is 0. The van der Waals surface area contributed by atoms with Crippen LogP contribution in [0, 0.1) is 0 Å². The van der Waals surface area contributed by atoms with Crippen LogP contribution in [0.5, 0.6) is 0 Å². The van der Waals surface area contributed by atoms with E-state index in [0.29, 0.717) is 10.7 Å². The quantitative estimate of drug-likeness (QED) is 0.413. The molecular weight excluding hydrogens is 114 g/mol. The average molecular weight is 121 g/mol. The Morgan fingerprint density at radius 3 is 2.33 bits per heavy atom. The Balaban J connectivity index is 2.83. The maximum Gasteiger partial charge on any atom is 0.0460 e. The van der Waals surface area contributed by atoms with E-state index >= 15 is 0 Å². The third-order valence-electron chi connectivity index (χ3n) is 0.358. The molecule has 36 valence electrons. The Morgan fingerprint density at radius 1 is 1.83 bits per heavy atom. The van der Waals surface area contributed by atoms with Crippen LogP contribution in [0.1, 0.15) is 6.42 Å². The van der Waals surface area contributed by atoms with Crippen molar-refractivity contribution in [3.05, 3.63) is 0 Å². The van der Waals surface area contributed by atoms with Crippen molar-refractivity contribution in [1.29, 1.82) is 0 Å². The highest BCUT2D eigenvalue weighted by Gasteiger charge is 1.80. The summed E-state index contributed by atoms with van der Waals surface area (Å²) in [5.74, 6) is 0. The first-order valence-corrected chi connectivity index (χ1v) is 2.54. The molecule has 0 aromatic rings. The van der Waals surface area contributed by atoms with E-state index in [2.05, 4.69) is 24.8 Å². The first kappa shape index (κ1) is 6.40.